The van der Waals surface area contributed by atoms with Crippen LogP contribution >= 0.6 is 11.6 Å². The predicted molar refractivity (Wildman–Crippen MR) is 80.4 cm³/mol. The first-order chi connectivity index (χ1) is 10.5. The largest absolute Gasteiger partial charge is 0.491 e. The van der Waals surface area contributed by atoms with Crippen molar-refractivity contribution in [3.8, 4) is 5.75 Å². The molecule has 0 aliphatic carbocycles. The molecule has 1 aromatic carbocycles. The number of ether oxygens (including phenoxy) is 1. The van der Waals surface area contributed by atoms with Gasteiger partial charge in [-0.2, -0.15) is 0 Å². The van der Waals surface area contributed by atoms with E-state index in [0.29, 0.717) is 35.1 Å². The highest BCUT2D eigenvalue weighted by molar-refractivity contribution is 6.34. The number of carbonyl (C=O) groups excluding carboxylic acids is 1. The number of hydrogen-bond donors (Lipinski definition) is 2. The molecule has 2 aromatic rings. The molecule has 0 saturated carbocycles. The molecule has 1 aromatic heterocycles. The SMILES string of the molecule is CC(C)Oc1ccc(C(=O)NCCc2noc(=O)[nH]2)c(Cl)c1. The highest BCUT2D eigenvalue weighted by atomic mass is 35.5. The van der Waals surface area contributed by atoms with Gasteiger partial charge in [0.2, 0.25) is 0 Å². The summed E-state index contributed by atoms with van der Waals surface area (Å²) in [6, 6.07) is 4.90. The minimum atomic E-state index is -0.620. The Bertz CT molecular complexity index is 708. The van der Waals surface area contributed by atoms with E-state index in [4.69, 9.17) is 16.3 Å². The molecule has 0 bridgehead atoms. The highest BCUT2D eigenvalue weighted by Gasteiger charge is 2.12. The van der Waals surface area contributed by atoms with E-state index in [2.05, 4.69) is 20.0 Å². The Morgan fingerprint density at radius 3 is 2.86 bits per heavy atom. The number of aromatic nitrogens is 2. The molecule has 0 aliphatic rings. The van der Waals surface area contributed by atoms with Gasteiger partial charge in [0.1, 0.15) is 5.75 Å². The third kappa shape index (κ3) is 4.36. The van der Waals surface area contributed by atoms with Gasteiger partial charge >= 0.3 is 5.76 Å². The van der Waals surface area contributed by atoms with Crippen LogP contribution in [0.1, 0.15) is 30.0 Å². The number of benzene rings is 1. The van der Waals surface area contributed by atoms with Gasteiger partial charge in [0.15, 0.2) is 5.82 Å². The van der Waals surface area contributed by atoms with Gasteiger partial charge < -0.3 is 10.1 Å². The van der Waals surface area contributed by atoms with E-state index in [-0.39, 0.29) is 12.0 Å². The number of nitrogens with zero attached hydrogens (tertiary/aromatic N) is 1. The van der Waals surface area contributed by atoms with E-state index in [1.165, 1.54) is 0 Å². The van der Waals surface area contributed by atoms with Crippen LogP contribution in [-0.4, -0.2) is 28.7 Å². The monoisotopic (exact) mass is 325 g/mol. The smallest absolute Gasteiger partial charge is 0.438 e. The Labute approximate surface area is 131 Å². The summed E-state index contributed by atoms with van der Waals surface area (Å²) in [5.41, 5.74) is 0.353. The third-order valence-corrected chi connectivity index (χ3v) is 3.00. The van der Waals surface area contributed by atoms with Gasteiger partial charge in [0.25, 0.3) is 5.91 Å². The van der Waals surface area contributed by atoms with Gasteiger partial charge in [-0.3, -0.25) is 14.3 Å². The second kappa shape index (κ2) is 7.13. The maximum atomic E-state index is 12.0. The lowest BCUT2D eigenvalue weighted by molar-refractivity contribution is 0.0954. The summed E-state index contributed by atoms with van der Waals surface area (Å²) in [4.78, 5) is 25.2. The van der Waals surface area contributed by atoms with Crippen LogP contribution in [0.4, 0.5) is 0 Å². The molecule has 2 rings (SSSR count). The minimum Gasteiger partial charge on any atom is -0.491 e. The number of amides is 1. The van der Waals surface area contributed by atoms with Crippen LogP contribution in [-0.2, 0) is 6.42 Å². The fraction of sp³-hybridized carbons (Fsp3) is 0.357. The molecule has 1 amide bonds. The van der Waals surface area contributed by atoms with Gasteiger partial charge in [-0.05, 0) is 32.0 Å². The molecule has 0 atom stereocenters. The number of carbonyl (C=O) groups is 1. The van der Waals surface area contributed by atoms with Gasteiger partial charge in [-0.1, -0.05) is 16.8 Å². The second-order valence-corrected chi connectivity index (χ2v) is 5.26. The maximum absolute atomic E-state index is 12.0. The average Bonchev–Trinajstić information content (AvgIpc) is 2.83. The molecule has 1 heterocycles. The third-order valence-electron chi connectivity index (χ3n) is 2.69. The zero-order valence-corrected chi connectivity index (χ0v) is 12.9. The lowest BCUT2D eigenvalue weighted by Gasteiger charge is -2.11. The Morgan fingerprint density at radius 2 is 2.27 bits per heavy atom. The van der Waals surface area contributed by atoms with E-state index in [1.807, 2.05) is 13.8 Å². The first-order valence-corrected chi connectivity index (χ1v) is 7.13. The normalized spacial score (nSPS) is 10.7. The summed E-state index contributed by atoms with van der Waals surface area (Å²) in [7, 11) is 0. The van der Waals surface area contributed by atoms with E-state index in [1.54, 1.807) is 18.2 Å². The van der Waals surface area contributed by atoms with Crippen molar-refractivity contribution in [3.63, 3.8) is 0 Å². The van der Waals surface area contributed by atoms with Crippen molar-refractivity contribution >= 4 is 17.5 Å². The van der Waals surface area contributed by atoms with Crippen LogP contribution in [0.3, 0.4) is 0 Å². The summed E-state index contributed by atoms with van der Waals surface area (Å²) in [5, 5.41) is 6.51. The second-order valence-electron chi connectivity index (χ2n) is 4.86. The fourth-order valence-corrected chi connectivity index (χ4v) is 2.04. The Balaban J connectivity index is 1.93. The van der Waals surface area contributed by atoms with Crippen molar-refractivity contribution < 1.29 is 14.1 Å². The molecule has 7 nitrogen and oxygen atoms in total. The lowest BCUT2D eigenvalue weighted by Crippen LogP contribution is -2.26. The zero-order chi connectivity index (χ0) is 16.1. The molecule has 8 heteroatoms. The quantitative estimate of drug-likeness (QED) is 0.843. The Morgan fingerprint density at radius 1 is 1.50 bits per heavy atom. The number of rotatable bonds is 6. The zero-order valence-electron chi connectivity index (χ0n) is 12.2. The van der Waals surface area contributed by atoms with E-state index >= 15 is 0 Å². The number of hydrogen-bond acceptors (Lipinski definition) is 5. The number of halogens is 1. The molecular weight excluding hydrogens is 310 g/mol. The van der Waals surface area contributed by atoms with Crippen LogP contribution in [0.25, 0.3) is 0 Å². The van der Waals surface area contributed by atoms with Crippen molar-refractivity contribution in [1.82, 2.24) is 15.5 Å². The van der Waals surface area contributed by atoms with Crippen LogP contribution < -0.4 is 15.8 Å². The average molecular weight is 326 g/mol. The Kier molecular flexibility index (Phi) is 5.21. The van der Waals surface area contributed by atoms with Crippen LogP contribution in [0, 0.1) is 0 Å². The van der Waals surface area contributed by atoms with Crippen molar-refractivity contribution in [3.05, 3.63) is 45.2 Å². The first-order valence-electron chi connectivity index (χ1n) is 6.75. The topological polar surface area (TPSA) is 97.2 Å². The number of H-pyrrole nitrogens is 1. The first kappa shape index (κ1) is 16.1. The van der Waals surface area contributed by atoms with E-state index in [0.717, 1.165) is 0 Å². The lowest BCUT2D eigenvalue weighted by atomic mass is 10.2. The van der Waals surface area contributed by atoms with Crippen molar-refractivity contribution in [2.75, 3.05) is 6.54 Å². The van der Waals surface area contributed by atoms with Crippen LogP contribution in [0.5, 0.6) is 5.75 Å². The summed E-state index contributed by atoms with van der Waals surface area (Å²) >= 11 is 6.09. The molecule has 22 heavy (non-hydrogen) atoms. The fourth-order valence-electron chi connectivity index (χ4n) is 1.78. The maximum Gasteiger partial charge on any atom is 0.438 e. The van der Waals surface area contributed by atoms with Gasteiger partial charge in [-0.15, -0.1) is 0 Å². The van der Waals surface area contributed by atoms with Crippen LogP contribution in [0.2, 0.25) is 5.02 Å². The number of aromatic amines is 1. The van der Waals surface area contributed by atoms with Crippen molar-refractivity contribution in [2.45, 2.75) is 26.4 Å². The van der Waals surface area contributed by atoms with Gasteiger partial charge in [0, 0.05) is 13.0 Å². The van der Waals surface area contributed by atoms with E-state index < -0.39 is 5.76 Å². The Hall–Kier alpha value is -2.28. The summed E-state index contributed by atoms with van der Waals surface area (Å²) < 4.78 is 9.86. The van der Waals surface area contributed by atoms with Gasteiger partial charge in [0.05, 0.1) is 16.7 Å². The summed E-state index contributed by atoms with van der Waals surface area (Å²) in [6.45, 7) is 4.10. The standard InChI is InChI=1S/C14H16ClN3O4/c1-8(2)21-9-3-4-10(11(15)7-9)13(19)16-6-5-12-17-14(20)22-18-12/h3-4,7-8H,5-6H2,1-2H3,(H,16,19)(H,17,18,20). The van der Waals surface area contributed by atoms with Crippen molar-refractivity contribution in [2.24, 2.45) is 0 Å². The highest BCUT2D eigenvalue weighted by Crippen LogP contribution is 2.23. The summed E-state index contributed by atoms with van der Waals surface area (Å²) in [6.07, 6.45) is 0.379. The summed E-state index contributed by atoms with van der Waals surface area (Å²) in [5.74, 6) is 0.0471. The molecule has 118 valence electrons. The molecule has 0 fully saturated rings. The predicted octanol–water partition coefficient (Wildman–Crippen LogP) is 1.78. The van der Waals surface area contributed by atoms with E-state index in [9.17, 15) is 9.59 Å². The molecule has 2 N–H and O–H groups in total. The minimum absolute atomic E-state index is 0.0281. The van der Waals surface area contributed by atoms with Crippen molar-refractivity contribution in [1.29, 1.82) is 0 Å². The molecule has 0 saturated heterocycles. The molecule has 0 unspecified atom stereocenters. The molecule has 0 aliphatic heterocycles. The molecule has 0 radical (unpaired) electrons. The number of nitrogens with one attached hydrogen (secondary N) is 2. The van der Waals surface area contributed by atoms with Gasteiger partial charge in [-0.25, -0.2) is 4.79 Å². The molecular formula is C14H16ClN3O4. The van der Waals surface area contributed by atoms with Crippen LogP contribution in [0.15, 0.2) is 27.5 Å². The molecule has 0 spiro atoms.